The molecule has 12 rings (SSSR count). The minimum absolute atomic E-state index is 0.541. The van der Waals surface area contributed by atoms with Gasteiger partial charge in [-0.2, -0.15) is 0 Å². The zero-order valence-corrected chi connectivity index (χ0v) is 35.6. The van der Waals surface area contributed by atoms with Gasteiger partial charge in [0.2, 0.25) is 0 Å². The van der Waals surface area contributed by atoms with Gasteiger partial charge in [-0.25, -0.2) is 9.97 Å². The largest absolute Gasteiger partial charge is 0.228 e. The molecule has 10 aromatic carbocycles. The molecule has 0 bridgehead atoms. The van der Waals surface area contributed by atoms with E-state index < -0.39 is 5.41 Å². The quantitative estimate of drug-likeness (QED) is 0.152. The molecule has 0 N–H and O–H groups in total. The Labute approximate surface area is 379 Å². The first-order valence-electron chi connectivity index (χ1n) is 22.3. The van der Waals surface area contributed by atoms with Crippen LogP contribution in [-0.4, -0.2) is 9.97 Å². The van der Waals surface area contributed by atoms with Crippen LogP contribution < -0.4 is 0 Å². The van der Waals surface area contributed by atoms with Crippen molar-refractivity contribution in [3.05, 3.63) is 277 Å². The van der Waals surface area contributed by atoms with Crippen molar-refractivity contribution in [3.63, 3.8) is 0 Å². The zero-order valence-electron chi connectivity index (χ0n) is 35.6. The molecule has 1 heterocycles. The van der Waals surface area contributed by atoms with Crippen molar-refractivity contribution < 1.29 is 0 Å². The molecule has 0 saturated carbocycles. The van der Waals surface area contributed by atoms with E-state index in [0.717, 1.165) is 50.3 Å². The van der Waals surface area contributed by atoms with Gasteiger partial charge >= 0.3 is 0 Å². The standard InChI is InChI=1S/C63H42N2/c1-5-20-43(21-6-1)45-25-17-28-49(38-45)58-42-59(65-62(64-58)51-30-18-26-46(39-51)44-22-7-2-8-23-44)50-29-19-27-47(40-50)56-41-48-24-13-14-35-54(48)61-60(56)55-36-15-16-37-57(55)63(61,52-31-9-3-10-32-52)53-33-11-4-12-34-53/h1-42H. The molecule has 0 fully saturated rings. The smallest absolute Gasteiger partial charge is 0.160 e. The van der Waals surface area contributed by atoms with E-state index in [2.05, 4.69) is 255 Å². The molecule has 65 heavy (non-hydrogen) atoms. The number of nitrogens with zero attached hydrogens (tertiary/aromatic N) is 2. The molecule has 2 heteroatoms. The highest BCUT2D eigenvalue weighted by Crippen LogP contribution is 2.60. The Bertz CT molecular complexity index is 3380. The Balaban J connectivity index is 1.08. The first kappa shape index (κ1) is 38.2. The summed E-state index contributed by atoms with van der Waals surface area (Å²) in [4.78, 5) is 10.7. The summed E-state index contributed by atoms with van der Waals surface area (Å²) in [5.74, 6) is 0.682. The Hall–Kier alpha value is -8.46. The maximum Gasteiger partial charge on any atom is 0.160 e. The topological polar surface area (TPSA) is 25.8 Å². The second-order valence-corrected chi connectivity index (χ2v) is 16.9. The van der Waals surface area contributed by atoms with Crippen molar-refractivity contribution in [2.24, 2.45) is 0 Å². The number of hydrogen-bond donors (Lipinski definition) is 0. The van der Waals surface area contributed by atoms with Gasteiger partial charge in [-0.3, -0.25) is 0 Å². The third-order valence-electron chi connectivity index (χ3n) is 13.1. The summed E-state index contributed by atoms with van der Waals surface area (Å²) in [5, 5.41) is 2.46. The lowest BCUT2D eigenvalue weighted by Gasteiger charge is -2.35. The van der Waals surface area contributed by atoms with E-state index in [-0.39, 0.29) is 0 Å². The maximum atomic E-state index is 5.40. The highest BCUT2D eigenvalue weighted by Gasteiger charge is 2.48. The minimum Gasteiger partial charge on any atom is -0.228 e. The molecule has 2 nitrogen and oxygen atoms in total. The van der Waals surface area contributed by atoms with Crippen LogP contribution in [0.5, 0.6) is 0 Å². The van der Waals surface area contributed by atoms with Gasteiger partial charge in [0.15, 0.2) is 5.82 Å². The van der Waals surface area contributed by atoms with Gasteiger partial charge in [-0.15, -0.1) is 0 Å². The predicted octanol–water partition coefficient (Wildman–Crippen LogP) is 16.0. The van der Waals surface area contributed by atoms with Gasteiger partial charge in [0, 0.05) is 16.7 Å². The van der Waals surface area contributed by atoms with Gasteiger partial charge in [-0.05, 0) is 108 Å². The van der Waals surface area contributed by atoms with Crippen molar-refractivity contribution in [1.82, 2.24) is 9.97 Å². The van der Waals surface area contributed by atoms with Crippen LogP contribution in [0.2, 0.25) is 0 Å². The Morgan fingerprint density at radius 1 is 0.292 bits per heavy atom. The predicted molar refractivity (Wildman–Crippen MR) is 269 cm³/mol. The van der Waals surface area contributed by atoms with E-state index in [1.807, 2.05) is 0 Å². The van der Waals surface area contributed by atoms with E-state index >= 15 is 0 Å². The molecule has 0 aliphatic heterocycles. The van der Waals surface area contributed by atoms with Crippen molar-refractivity contribution in [1.29, 1.82) is 0 Å². The molecular weight excluding hydrogens is 785 g/mol. The molecule has 0 spiro atoms. The lowest BCUT2D eigenvalue weighted by molar-refractivity contribution is 0.775. The lowest BCUT2D eigenvalue weighted by atomic mass is 9.66. The van der Waals surface area contributed by atoms with Crippen LogP contribution in [0, 0.1) is 0 Å². The summed E-state index contributed by atoms with van der Waals surface area (Å²) in [5.41, 5.74) is 18.8. The summed E-state index contributed by atoms with van der Waals surface area (Å²) in [6.45, 7) is 0. The van der Waals surface area contributed by atoms with Crippen molar-refractivity contribution >= 4 is 10.8 Å². The molecule has 0 saturated heterocycles. The van der Waals surface area contributed by atoms with Gasteiger partial charge in [-0.1, -0.05) is 224 Å². The van der Waals surface area contributed by atoms with Crippen LogP contribution in [0.25, 0.3) is 89.2 Å². The van der Waals surface area contributed by atoms with E-state index in [9.17, 15) is 0 Å². The fourth-order valence-corrected chi connectivity index (χ4v) is 10.2. The van der Waals surface area contributed by atoms with Crippen molar-refractivity contribution in [2.75, 3.05) is 0 Å². The maximum absolute atomic E-state index is 5.40. The average molecular weight is 827 g/mol. The van der Waals surface area contributed by atoms with Crippen LogP contribution in [0.4, 0.5) is 0 Å². The van der Waals surface area contributed by atoms with Crippen LogP contribution in [0.15, 0.2) is 255 Å². The summed E-state index contributed by atoms with van der Waals surface area (Å²) < 4.78 is 0. The molecule has 0 radical (unpaired) electrons. The number of rotatable bonds is 8. The molecule has 304 valence electrons. The zero-order chi connectivity index (χ0) is 43.2. The van der Waals surface area contributed by atoms with Crippen LogP contribution in [0.1, 0.15) is 22.3 Å². The molecule has 0 amide bonds. The first-order valence-corrected chi connectivity index (χ1v) is 22.3. The van der Waals surface area contributed by atoms with Crippen LogP contribution in [-0.2, 0) is 5.41 Å². The van der Waals surface area contributed by atoms with Gasteiger partial charge in [0.25, 0.3) is 0 Å². The first-order chi connectivity index (χ1) is 32.2. The van der Waals surface area contributed by atoms with E-state index in [0.29, 0.717) is 5.82 Å². The van der Waals surface area contributed by atoms with Gasteiger partial charge in [0.05, 0.1) is 16.8 Å². The highest BCUT2D eigenvalue weighted by atomic mass is 14.9. The van der Waals surface area contributed by atoms with Crippen LogP contribution >= 0.6 is 0 Å². The highest BCUT2D eigenvalue weighted by molar-refractivity contribution is 6.07. The van der Waals surface area contributed by atoms with E-state index in [1.54, 1.807) is 0 Å². The van der Waals surface area contributed by atoms with Crippen molar-refractivity contribution in [2.45, 2.75) is 5.41 Å². The summed E-state index contributed by atoms with van der Waals surface area (Å²) >= 11 is 0. The monoisotopic (exact) mass is 826 g/mol. The SMILES string of the molecule is c1ccc(-c2cccc(-c3cc(-c4cccc(-c5cc6ccccc6c6c5-c5ccccc5C6(c5ccccc5)c5ccccc5)c4)nc(-c4cccc(-c5ccccc5)c4)n3)c2)cc1. The third-order valence-corrected chi connectivity index (χ3v) is 13.1. The molecular formula is C63H42N2. The minimum atomic E-state index is -0.541. The van der Waals surface area contributed by atoms with E-state index in [1.165, 1.54) is 55.3 Å². The third kappa shape index (κ3) is 6.58. The fourth-order valence-electron chi connectivity index (χ4n) is 10.2. The summed E-state index contributed by atoms with van der Waals surface area (Å²) in [6, 6.07) is 91.9. The van der Waals surface area contributed by atoms with Crippen molar-refractivity contribution in [3.8, 4) is 78.4 Å². The number of hydrogen-bond acceptors (Lipinski definition) is 2. The fraction of sp³-hybridized carbons (Fsp3) is 0.0159. The summed E-state index contributed by atoms with van der Waals surface area (Å²) in [6.07, 6.45) is 0. The number of aromatic nitrogens is 2. The van der Waals surface area contributed by atoms with Crippen LogP contribution in [0.3, 0.4) is 0 Å². The number of fused-ring (bicyclic) bond motifs is 5. The second kappa shape index (κ2) is 16.0. The average Bonchev–Trinajstić information content (AvgIpc) is 3.72. The molecule has 0 unspecified atom stereocenters. The second-order valence-electron chi connectivity index (χ2n) is 16.9. The molecule has 0 atom stereocenters. The Kier molecular flexibility index (Phi) is 9.43. The van der Waals surface area contributed by atoms with E-state index in [4.69, 9.17) is 9.97 Å². The summed E-state index contributed by atoms with van der Waals surface area (Å²) in [7, 11) is 0. The molecule has 1 aliphatic carbocycles. The Morgan fingerprint density at radius 2 is 0.738 bits per heavy atom. The number of benzene rings is 10. The molecule has 1 aromatic heterocycles. The lowest BCUT2D eigenvalue weighted by Crippen LogP contribution is -2.28. The molecule has 1 aliphatic rings. The Morgan fingerprint density at radius 3 is 1.35 bits per heavy atom. The van der Waals surface area contributed by atoms with Gasteiger partial charge < -0.3 is 0 Å². The normalized spacial score (nSPS) is 12.4. The molecule has 11 aromatic rings. The van der Waals surface area contributed by atoms with Gasteiger partial charge in [0.1, 0.15) is 0 Å².